The Morgan fingerprint density at radius 3 is 2.48 bits per heavy atom. The fourth-order valence-electron chi connectivity index (χ4n) is 2.62. The number of amides is 1. The van der Waals surface area contributed by atoms with E-state index in [1.807, 2.05) is 0 Å². The molecule has 0 atom stereocenters. The average molecular weight is 344 g/mol. The highest BCUT2D eigenvalue weighted by molar-refractivity contribution is 5.85. The quantitative estimate of drug-likeness (QED) is 0.602. The number of methoxy groups -OCH3 is 1. The lowest BCUT2D eigenvalue weighted by Gasteiger charge is -2.34. The van der Waals surface area contributed by atoms with E-state index in [-0.39, 0.29) is 24.0 Å². The Balaban J connectivity index is 0.00000264. The zero-order valence-corrected chi connectivity index (χ0v) is 13.9. The number of ether oxygens (including phenoxy) is 1. The van der Waals surface area contributed by atoms with Crippen LogP contribution < -0.4 is 10.6 Å². The van der Waals surface area contributed by atoms with Crippen molar-refractivity contribution < 1.29 is 14.5 Å². The summed E-state index contributed by atoms with van der Waals surface area (Å²) in [5.74, 6) is -0.0848. The third-order valence-corrected chi connectivity index (χ3v) is 4.06. The third kappa shape index (κ3) is 4.89. The number of non-ortho nitro benzene ring substituents is 1. The van der Waals surface area contributed by atoms with Gasteiger partial charge in [-0.15, -0.1) is 12.4 Å². The van der Waals surface area contributed by atoms with Gasteiger partial charge in [0.1, 0.15) is 5.60 Å². The third-order valence-electron chi connectivity index (χ3n) is 4.06. The van der Waals surface area contributed by atoms with Gasteiger partial charge in [0.25, 0.3) is 11.6 Å². The van der Waals surface area contributed by atoms with E-state index < -0.39 is 10.5 Å². The van der Waals surface area contributed by atoms with Crippen molar-refractivity contribution in [1.29, 1.82) is 0 Å². The lowest BCUT2D eigenvalue weighted by molar-refractivity contribution is -0.384. The number of hydrogen-bond donors (Lipinski definition) is 2. The Kier molecular flexibility index (Phi) is 7.41. The number of nitrogens with one attached hydrogen (secondary N) is 2. The molecule has 0 unspecified atom stereocenters. The van der Waals surface area contributed by atoms with Crippen molar-refractivity contribution in [2.24, 2.45) is 0 Å². The van der Waals surface area contributed by atoms with Gasteiger partial charge in [0.05, 0.1) is 4.92 Å². The molecule has 7 nitrogen and oxygen atoms in total. The molecular weight excluding hydrogens is 322 g/mol. The predicted octanol–water partition coefficient (Wildman–Crippen LogP) is 1.44. The average Bonchev–Trinajstić information content (AvgIpc) is 2.55. The molecule has 1 aromatic carbocycles. The van der Waals surface area contributed by atoms with E-state index >= 15 is 0 Å². The maximum Gasteiger partial charge on any atom is 0.269 e. The molecule has 0 bridgehead atoms. The van der Waals surface area contributed by atoms with Crippen molar-refractivity contribution in [1.82, 2.24) is 10.6 Å². The maximum absolute atomic E-state index is 12.3. The van der Waals surface area contributed by atoms with Crippen LogP contribution in [-0.2, 0) is 16.0 Å². The molecule has 0 saturated carbocycles. The summed E-state index contributed by atoms with van der Waals surface area (Å²) in [4.78, 5) is 22.5. The van der Waals surface area contributed by atoms with Gasteiger partial charge in [-0.25, -0.2) is 0 Å². The second kappa shape index (κ2) is 8.81. The van der Waals surface area contributed by atoms with Crippen LogP contribution in [0, 0.1) is 10.1 Å². The smallest absolute Gasteiger partial charge is 0.269 e. The molecule has 128 valence electrons. The van der Waals surface area contributed by atoms with Crippen LogP contribution in [0.25, 0.3) is 0 Å². The Bertz CT molecular complexity index is 530. The van der Waals surface area contributed by atoms with E-state index in [9.17, 15) is 14.9 Å². The molecule has 1 aromatic rings. The standard InChI is InChI=1S/C15H21N3O4.ClH/c1-22-15(7-10-16-11-8-15)14(19)17-9-6-12-2-4-13(5-3-12)18(20)21;/h2-5,16H,6-11H2,1H3,(H,17,19);1H. The number of nitrogens with zero attached hydrogens (tertiary/aromatic N) is 1. The molecule has 0 aliphatic carbocycles. The number of piperidine rings is 1. The number of halogens is 1. The molecule has 1 saturated heterocycles. The van der Waals surface area contributed by atoms with Crippen LogP contribution in [0.1, 0.15) is 18.4 Å². The molecule has 0 aromatic heterocycles. The minimum absolute atomic E-state index is 0. The fourth-order valence-corrected chi connectivity index (χ4v) is 2.62. The van der Waals surface area contributed by atoms with Crippen LogP contribution in [0.2, 0.25) is 0 Å². The highest BCUT2D eigenvalue weighted by Gasteiger charge is 2.39. The van der Waals surface area contributed by atoms with Gasteiger partial charge in [-0.2, -0.15) is 0 Å². The first-order chi connectivity index (χ1) is 10.6. The number of nitro benzene ring substituents is 1. The zero-order chi connectivity index (χ0) is 16.0. The minimum atomic E-state index is -0.735. The molecule has 23 heavy (non-hydrogen) atoms. The first-order valence-electron chi connectivity index (χ1n) is 7.35. The van der Waals surface area contributed by atoms with E-state index in [1.54, 1.807) is 19.2 Å². The van der Waals surface area contributed by atoms with Gasteiger partial charge in [-0.3, -0.25) is 14.9 Å². The first kappa shape index (κ1) is 19.3. The number of carbonyl (C=O) groups is 1. The largest absolute Gasteiger partial charge is 0.368 e. The van der Waals surface area contributed by atoms with Gasteiger partial charge in [0.2, 0.25) is 0 Å². The summed E-state index contributed by atoms with van der Waals surface area (Å²) in [6.45, 7) is 2.02. The molecule has 2 N–H and O–H groups in total. The molecule has 1 aliphatic rings. The monoisotopic (exact) mass is 343 g/mol. The Labute approximate surface area is 141 Å². The predicted molar refractivity (Wildman–Crippen MR) is 88.9 cm³/mol. The topological polar surface area (TPSA) is 93.5 Å². The van der Waals surface area contributed by atoms with E-state index in [1.165, 1.54) is 12.1 Å². The molecule has 1 amide bonds. The van der Waals surface area contributed by atoms with Gasteiger partial charge in [0, 0.05) is 25.8 Å². The molecule has 8 heteroatoms. The first-order valence-corrected chi connectivity index (χ1v) is 7.35. The molecule has 1 aliphatic heterocycles. The number of carbonyl (C=O) groups excluding carboxylic acids is 1. The molecule has 2 rings (SSSR count). The van der Waals surface area contributed by atoms with Crippen LogP contribution in [-0.4, -0.2) is 43.2 Å². The summed E-state index contributed by atoms with van der Waals surface area (Å²) >= 11 is 0. The summed E-state index contributed by atoms with van der Waals surface area (Å²) in [7, 11) is 1.57. The van der Waals surface area contributed by atoms with E-state index in [0.29, 0.717) is 25.8 Å². The maximum atomic E-state index is 12.3. The van der Waals surface area contributed by atoms with Gasteiger partial charge in [-0.05, 0) is 37.9 Å². The van der Waals surface area contributed by atoms with E-state index in [2.05, 4.69) is 10.6 Å². The Morgan fingerprint density at radius 1 is 1.35 bits per heavy atom. The Morgan fingerprint density at radius 2 is 1.96 bits per heavy atom. The van der Waals surface area contributed by atoms with Gasteiger partial charge in [-0.1, -0.05) is 12.1 Å². The van der Waals surface area contributed by atoms with Crippen LogP contribution in [0.15, 0.2) is 24.3 Å². The van der Waals surface area contributed by atoms with Crippen molar-refractivity contribution >= 4 is 24.0 Å². The minimum Gasteiger partial charge on any atom is -0.368 e. The number of hydrogen-bond acceptors (Lipinski definition) is 5. The zero-order valence-electron chi connectivity index (χ0n) is 13.0. The fraction of sp³-hybridized carbons (Fsp3) is 0.533. The summed E-state index contributed by atoms with van der Waals surface area (Å²) < 4.78 is 5.46. The number of benzene rings is 1. The van der Waals surface area contributed by atoms with E-state index in [4.69, 9.17) is 4.74 Å². The molecular formula is C15H22ClN3O4. The van der Waals surface area contributed by atoms with Gasteiger partial charge in [0.15, 0.2) is 0 Å². The van der Waals surface area contributed by atoms with Crippen molar-refractivity contribution in [3.63, 3.8) is 0 Å². The second-order valence-electron chi connectivity index (χ2n) is 5.38. The summed E-state index contributed by atoms with van der Waals surface area (Å²) in [6.07, 6.45) is 1.95. The lowest BCUT2D eigenvalue weighted by atomic mass is 9.91. The number of rotatable bonds is 6. The molecule has 1 fully saturated rings. The molecule has 1 heterocycles. The number of nitro groups is 1. The van der Waals surface area contributed by atoms with E-state index in [0.717, 1.165) is 18.7 Å². The van der Waals surface area contributed by atoms with Crippen molar-refractivity contribution in [3.8, 4) is 0 Å². The second-order valence-corrected chi connectivity index (χ2v) is 5.38. The molecule has 0 spiro atoms. The van der Waals surface area contributed by atoms with Crippen LogP contribution in [0.3, 0.4) is 0 Å². The van der Waals surface area contributed by atoms with Gasteiger partial charge < -0.3 is 15.4 Å². The van der Waals surface area contributed by atoms with Crippen molar-refractivity contribution in [2.75, 3.05) is 26.7 Å². The van der Waals surface area contributed by atoms with Crippen molar-refractivity contribution in [3.05, 3.63) is 39.9 Å². The van der Waals surface area contributed by atoms with Gasteiger partial charge >= 0.3 is 0 Å². The van der Waals surface area contributed by atoms with Crippen molar-refractivity contribution in [2.45, 2.75) is 24.9 Å². The van der Waals surface area contributed by atoms with Crippen LogP contribution in [0.5, 0.6) is 0 Å². The highest BCUT2D eigenvalue weighted by atomic mass is 35.5. The summed E-state index contributed by atoms with van der Waals surface area (Å²) in [5.41, 5.74) is 0.282. The highest BCUT2D eigenvalue weighted by Crippen LogP contribution is 2.22. The summed E-state index contributed by atoms with van der Waals surface area (Å²) in [5, 5.41) is 16.7. The summed E-state index contributed by atoms with van der Waals surface area (Å²) in [6, 6.07) is 6.36. The van der Waals surface area contributed by atoms with Crippen LogP contribution >= 0.6 is 12.4 Å². The SMILES string of the molecule is COC1(C(=O)NCCc2ccc([N+](=O)[O-])cc2)CCNCC1.Cl. The Hall–Kier alpha value is -1.70. The molecule has 0 radical (unpaired) electrons. The lowest BCUT2D eigenvalue weighted by Crippen LogP contribution is -2.54. The normalized spacial score (nSPS) is 16.2. The van der Waals surface area contributed by atoms with Crippen LogP contribution in [0.4, 0.5) is 5.69 Å².